The van der Waals surface area contributed by atoms with Crippen LogP contribution in [-0.2, 0) is 10.0 Å². The first-order chi connectivity index (χ1) is 8.54. The number of ether oxygens (including phenoxy) is 1. The van der Waals surface area contributed by atoms with Crippen LogP contribution in [0.5, 0.6) is 5.75 Å². The maximum atomic E-state index is 12.4. The van der Waals surface area contributed by atoms with Gasteiger partial charge in [-0.05, 0) is 37.1 Å². The summed E-state index contributed by atoms with van der Waals surface area (Å²) in [5.74, 6) is 0.643. The van der Waals surface area contributed by atoms with Gasteiger partial charge in [-0.25, -0.2) is 8.42 Å². The summed E-state index contributed by atoms with van der Waals surface area (Å²) >= 11 is 0. The van der Waals surface area contributed by atoms with Crippen LogP contribution in [0.15, 0.2) is 29.2 Å². The van der Waals surface area contributed by atoms with Gasteiger partial charge in [-0.1, -0.05) is 0 Å². The summed E-state index contributed by atoms with van der Waals surface area (Å²) in [6.07, 6.45) is 1.70. The highest BCUT2D eigenvalue weighted by Crippen LogP contribution is 2.22. The molecule has 1 aromatic rings. The second-order valence-corrected chi connectivity index (χ2v) is 6.38. The van der Waals surface area contributed by atoms with Crippen LogP contribution in [0.1, 0.15) is 12.8 Å². The van der Waals surface area contributed by atoms with E-state index in [9.17, 15) is 8.42 Å². The minimum atomic E-state index is -3.42. The molecule has 1 fully saturated rings. The zero-order chi connectivity index (χ0) is 13.2. The van der Waals surface area contributed by atoms with Crippen LogP contribution >= 0.6 is 12.4 Å². The van der Waals surface area contributed by atoms with Gasteiger partial charge in [0.1, 0.15) is 5.75 Å². The van der Waals surface area contributed by atoms with Gasteiger partial charge in [0.25, 0.3) is 0 Å². The Labute approximate surface area is 120 Å². The molecule has 0 amide bonds. The lowest BCUT2D eigenvalue weighted by Gasteiger charge is -2.29. The number of rotatable bonds is 3. The van der Waals surface area contributed by atoms with Gasteiger partial charge in [-0.3, -0.25) is 0 Å². The van der Waals surface area contributed by atoms with Crippen molar-refractivity contribution in [2.45, 2.75) is 23.8 Å². The first-order valence-corrected chi connectivity index (χ1v) is 7.38. The van der Waals surface area contributed by atoms with Gasteiger partial charge in [0.2, 0.25) is 10.0 Å². The standard InChI is InChI=1S/C12H18N2O3S.ClH/c1-17-11-4-6-12(7-5-11)18(15,16)14-8-2-3-10(13)9-14;/h4-7,10H,2-3,8-9,13H2,1H3;1H. The van der Waals surface area contributed by atoms with E-state index in [0.717, 1.165) is 12.8 Å². The van der Waals surface area contributed by atoms with Crippen LogP contribution < -0.4 is 10.5 Å². The van der Waals surface area contributed by atoms with Crippen molar-refractivity contribution in [2.75, 3.05) is 20.2 Å². The second kappa shape index (κ2) is 6.56. The Balaban J connectivity index is 0.00000180. The molecule has 0 radical (unpaired) electrons. The van der Waals surface area contributed by atoms with Crippen LogP contribution in [0.4, 0.5) is 0 Å². The van der Waals surface area contributed by atoms with Crippen molar-refractivity contribution in [2.24, 2.45) is 5.73 Å². The number of sulfonamides is 1. The van der Waals surface area contributed by atoms with E-state index < -0.39 is 10.0 Å². The highest BCUT2D eigenvalue weighted by atomic mass is 35.5. The molecule has 1 aliphatic heterocycles. The van der Waals surface area contributed by atoms with Gasteiger partial charge in [0.15, 0.2) is 0 Å². The van der Waals surface area contributed by atoms with E-state index in [1.165, 1.54) is 4.31 Å². The van der Waals surface area contributed by atoms with Crippen molar-refractivity contribution in [3.8, 4) is 5.75 Å². The van der Waals surface area contributed by atoms with Crippen molar-refractivity contribution < 1.29 is 13.2 Å². The molecule has 1 saturated heterocycles. The Morgan fingerprint density at radius 3 is 2.47 bits per heavy atom. The Morgan fingerprint density at radius 2 is 1.95 bits per heavy atom. The van der Waals surface area contributed by atoms with Crippen LogP contribution in [-0.4, -0.2) is 39.0 Å². The highest BCUT2D eigenvalue weighted by molar-refractivity contribution is 7.89. The van der Waals surface area contributed by atoms with E-state index in [0.29, 0.717) is 18.8 Å². The number of hydrogen-bond acceptors (Lipinski definition) is 4. The zero-order valence-electron chi connectivity index (χ0n) is 10.8. The Morgan fingerprint density at radius 1 is 1.32 bits per heavy atom. The Hall–Kier alpha value is -0.820. The number of piperidine rings is 1. The fraction of sp³-hybridized carbons (Fsp3) is 0.500. The van der Waals surface area contributed by atoms with Gasteiger partial charge in [-0.2, -0.15) is 4.31 Å². The Kier molecular flexibility index (Phi) is 5.61. The molecule has 0 aliphatic carbocycles. The van der Waals surface area contributed by atoms with E-state index in [1.807, 2.05) is 0 Å². The maximum Gasteiger partial charge on any atom is 0.243 e. The molecule has 2 N–H and O–H groups in total. The molecule has 1 aliphatic rings. The molecule has 0 spiro atoms. The Bertz CT molecular complexity index is 504. The third kappa shape index (κ3) is 3.60. The SMILES string of the molecule is COc1ccc(S(=O)(=O)N2CCCC(N)C2)cc1.Cl. The van der Waals surface area contributed by atoms with Gasteiger partial charge in [0.05, 0.1) is 12.0 Å². The summed E-state index contributed by atoms with van der Waals surface area (Å²) < 4.78 is 31.2. The summed E-state index contributed by atoms with van der Waals surface area (Å²) in [7, 11) is -1.87. The fourth-order valence-electron chi connectivity index (χ4n) is 2.09. The number of methoxy groups -OCH3 is 1. The number of benzene rings is 1. The van der Waals surface area contributed by atoms with Gasteiger partial charge >= 0.3 is 0 Å². The minimum Gasteiger partial charge on any atom is -0.497 e. The lowest BCUT2D eigenvalue weighted by molar-refractivity contribution is 0.316. The average Bonchev–Trinajstić information content (AvgIpc) is 2.39. The molecule has 1 heterocycles. The largest absolute Gasteiger partial charge is 0.497 e. The maximum absolute atomic E-state index is 12.4. The molecule has 1 unspecified atom stereocenters. The summed E-state index contributed by atoms with van der Waals surface area (Å²) in [5, 5.41) is 0. The number of nitrogens with two attached hydrogens (primary N) is 1. The molecule has 19 heavy (non-hydrogen) atoms. The molecule has 2 rings (SSSR count). The minimum absolute atomic E-state index is 0. The van der Waals surface area contributed by atoms with E-state index >= 15 is 0 Å². The molecule has 0 bridgehead atoms. The van der Waals surface area contributed by atoms with Crippen LogP contribution in [0.3, 0.4) is 0 Å². The van der Waals surface area contributed by atoms with Gasteiger partial charge < -0.3 is 10.5 Å². The van der Waals surface area contributed by atoms with Crippen LogP contribution in [0, 0.1) is 0 Å². The predicted molar refractivity (Wildman–Crippen MR) is 76.2 cm³/mol. The van der Waals surface area contributed by atoms with Crippen LogP contribution in [0.2, 0.25) is 0 Å². The molecule has 7 heteroatoms. The lowest BCUT2D eigenvalue weighted by Crippen LogP contribution is -2.45. The first kappa shape index (κ1) is 16.2. The first-order valence-electron chi connectivity index (χ1n) is 5.94. The summed E-state index contributed by atoms with van der Waals surface area (Å²) in [6.45, 7) is 0.941. The van der Waals surface area contributed by atoms with Crippen molar-refractivity contribution in [3.05, 3.63) is 24.3 Å². The number of hydrogen-bond donors (Lipinski definition) is 1. The van der Waals surface area contributed by atoms with E-state index in [-0.39, 0.29) is 23.3 Å². The molecule has 5 nitrogen and oxygen atoms in total. The third-order valence-electron chi connectivity index (χ3n) is 3.12. The molecule has 0 aromatic heterocycles. The third-order valence-corrected chi connectivity index (χ3v) is 5.00. The second-order valence-electron chi connectivity index (χ2n) is 4.44. The lowest BCUT2D eigenvalue weighted by atomic mass is 10.1. The monoisotopic (exact) mass is 306 g/mol. The molecule has 1 atom stereocenters. The van der Waals surface area contributed by atoms with Crippen molar-refractivity contribution in [1.82, 2.24) is 4.31 Å². The molecule has 1 aromatic carbocycles. The molecular weight excluding hydrogens is 288 g/mol. The summed E-state index contributed by atoms with van der Waals surface area (Å²) in [5.41, 5.74) is 5.82. The van der Waals surface area contributed by atoms with Crippen molar-refractivity contribution in [3.63, 3.8) is 0 Å². The van der Waals surface area contributed by atoms with Gasteiger partial charge in [0, 0.05) is 19.1 Å². The van der Waals surface area contributed by atoms with E-state index in [2.05, 4.69) is 0 Å². The quantitative estimate of drug-likeness (QED) is 0.911. The van der Waals surface area contributed by atoms with Crippen molar-refractivity contribution >= 4 is 22.4 Å². The predicted octanol–water partition coefficient (Wildman–Crippen LogP) is 1.23. The van der Waals surface area contributed by atoms with E-state index in [4.69, 9.17) is 10.5 Å². The fourth-order valence-corrected chi connectivity index (χ4v) is 3.62. The molecular formula is C12H19ClN2O3S. The molecule has 108 valence electrons. The van der Waals surface area contributed by atoms with Crippen molar-refractivity contribution in [1.29, 1.82) is 0 Å². The summed E-state index contributed by atoms with van der Waals surface area (Å²) in [4.78, 5) is 0.289. The molecule has 0 saturated carbocycles. The average molecular weight is 307 g/mol. The number of nitrogens with zero attached hydrogens (tertiary/aromatic N) is 1. The zero-order valence-corrected chi connectivity index (χ0v) is 12.4. The van der Waals surface area contributed by atoms with Crippen LogP contribution in [0.25, 0.3) is 0 Å². The van der Waals surface area contributed by atoms with E-state index in [1.54, 1.807) is 31.4 Å². The summed E-state index contributed by atoms with van der Waals surface area (Å²) in [6, 6.07) is 6.36. The number of halogens is 1. The normalized spacial score (nSPS) is 20.6. The van der Waals surface area contributed by atoms with Gasteiger partial charge in [-0.15, -0.1) is 12.4 Å². The topological polar surface area (TPSA) is 72.6 Å². The smallest absolute Gasteiger partial charge is 0.243 e. The highest BCUT2D eigenvalue weighted by Gasteiger charge is 2.28.